The molecule has 0 unspecified atom stereocenters. The lowest BCUT2D eigenvalue weighted by Crippen LogP contribution is -2.00. The predicted octanol–water partition coefficient (Wildman–Crippen LogP) is 1.72. The molecule has 2 nitrogen and oxygen atoms in total. The highest BCUT2D eigenvalue weighted by molar-refractivity contribution is 5.85. The fourth-order valence-electron chi connectivity index (χ4n) is 1.53. The Morgan fingerprint density at radius 2 is 2.08 bits per heavy atom. The lowest BCUT2D eigenvalue weighted by atomic mass is 10.1. The molecule has 0 amide bonds. The Bertz CT molecular complexity index is 297. The fraction of sp³-hybridized carbons (Fsp3) is 0.444. The second kappa shape index (κ2) is 3.42. The molecule has 1 N–H and O–H groups in total. The number of hydrogen-bond acceptors (Lipinski definition) is 2. The smallest absolute Gasteiger partial charge is 0.0405 e. The normalized spacial score (nSPS) is 13.8. The first kappa shape index (κ1) is 9.49. The highest BCUT2D eigenvalue weighted by atomic mass is 35.5. The molecule has 0 radical (unpaired) electrons. The zero-order valence-corrected chi connectivity index (χ0v) is 8.16. The summed E-state index contributed by atoms with van der Waals surface area (Å²) in [5, 5.41) is 3.32. The minimum Gasteiger partial charge on any atom is -0.309 e. The quantitative estimate of drug-likeness (QED) is 0.664. The molecule has 0 aliphatic carbocycles. The van der Waals surface area contributed by atoms with Gasteiger partial charge in [0, 0.05) is 25.0 Å². The van der Waals surface area contributed by atoms with Crippen molar-refractivity contribution in [3.63, 3.8) is 0 Å². The van der Waals surface area contributed by atoms with Crippen molar-refractivity contribution in [1.82, 2.24) is 10.3 Å². The number of hydrogen-bond donors (Lipinski definition) is 1. The molecule has 0 spiro atoms. The Balaban J connectivity index is 0.000000720. The Morgan fingerprint density at radius 1 is 1.33 bits per heavy atom. The van der Waals surface area contributed by atoms with E-state index in [0.29, 0.717) is 0 Å². The zero-order valence-electron chi connectivity index (χ0n) is 7.35. The minimum absolute atomic E-state index is 0. The number of nitrogens with zero attached hydrogens (tertiary/aromatic N) is 1. The fourth-order valence-corrected chi connectivity index (χ4v) is 1.53. The number of aryl methyl sites for hydroxylation is 1. The van der Waals surface area contributed by atoms with Crippen molar-refractivity contribution in [1.29, 1.82) is 0 Å². The predicted molar refractivity (Wildman–Crippen MR) is 51.5 cm³/mol. The van der Waals surface area contributed by atoms with Crippen LogP contribution in [0, 0.1) is 13.8 Å². The summed E-state index contributed by atoms with van der Waals surface area (Å²) < 4.78 is 0. The molecule has 1 aliphatic rings. The van der Waals surface area contributed by atoms with E-state index in [-0.39, 0.29) is 12.4 Å². The summed E-state index contributed by atoms with van der Waals surface area (Å²) in [6, 6.07) is 0. The van der Waals surface area contributed by atoms with Gasteiger partial charge in [-0.05, 0) is 30.5 Å². The van der Waals surface area contributed by atoms with E-state index in [2.05, 4.69) is 24.1 Å². The first-order chi connectivity index (χ1) is 5.29. The van der Waals surface area contributed by atoms with Crippen molar-refractivity contribution < 1.29 is 0 Å². The average Bonchev–Trinajstić information content (AvgIpc) is 2.45. The molecular weight excluding hydrogens is 172 g/mol. The molecule has 1 aromatic rings. The van der Waals surface area contributed by atoms with Gasteiger partial charge in [0.25, 0.3) is 0 Å². The molecule has 66 valence electrons. The van der Waals surface area contributed by atoms with Gasteiger partial charge in [-0.3, -0.25) is 4.98 Å². The Morgan fingerprint density at radius 3 is 2.83 bits per heavy atom. The third kappa shape index (κ3) is 1.32. The maximum absolute atomic E-state index is 4.31. The number of nitrogens with one attached hydrogen (secondary N) is 1. The van der Waals surface area contributed by atoms with Crippen molar-refractivity contribution >= 4 is 12.4 Å². The van der Waals surface area contributed by atoms with Crippen LogP contribution in [-0.4, -0.2) is 4.98 Å². The number of aromatic nitrogens is 1. The lowest BCUT2D eigenvalue weighted by Gasteiger charge is -2.04. The molecule has 2 heterocycles. The molecule has 0 saturated carbocycles. The van der Waals surface area contributed by atoms with E-state index in [1.807, 2.05) is 6.20 Å². The van der Waals surface area contributed by atoms with Crippen LogP contribution < -0.4 is 5.32 Å². The topological polar surface area (TPSA) is 24.9 Å². The molecule has 0 atom stereocenters. The molecule has 3 heteroatoms. The van der Waals surface area contributed by atoms with E-state index in [0.717, 1.165) is 18.8 Å². The Kier molecular flexibility index (Phi) is 2.70. The zero-order chi connectivity index (χ0) is 7.84. The van der Waals surface area contributed by atoms with Crippen molar-refractivity contribution in [3.05, 3.63) is 28.6 Å². The minimum atomic E-state index is 0. The second-order valence-corrected chi connectivity index (χ2v) is 3.08. The van der Waals surface area contributed by atoms with Crippen LogP contribution in [0.25, 0.3) is 0 Å². The van der Waals surface area contributed by atoms with Crippen molar-refractivity contribution in [2.24, 2.45) is 0 Å². The van der Waals surface area contributed by atoms with E-state index >= 15 is 0 Å². The van der Waals surface area contributed by atoms with Crippen LogP contribution in [0.5, 0.6) is 0 Å². The van der Waals surface area contributed by atoms with E-state index in [9.17, 15) is 0 Å². The number of halogens is 1. The van der Waals surface area contributed by atoms with Gasteiger partial charge in [0.05, 0.1) is 0 Å². The molecule has 0 bridgehead atoms. The number of rotatable bonds is 0. The third-order valence-corrected chi connectivity index (χ3v) is 2.41. The van der Waals surface area contributed by atoms with Gasteiger partial charge >= 0.3 is 0 Å². The molecule has 12 heavy (non-hydrogen) atoms. The molecule has 1 aromatic heterocycles. The van der Waals surface area contributed by atoms with E-state index in [1.54, 1.807) is 0 Å². The first-order valence-corrected chi connectivity index (χ1v) is 3.93. The maximum Gasteiger partial charge on any atom is 0.0405 e. The Labute approximate surface area is 78.8 Å². The van der Waals surface area contributed by atoms with Crippen molar-refractivity contribution in [2.45, 2.75) is 26.9 Å². The molecule has 0 aromatic carbocycles. The van der Waals surface area contributed by atoms with Gasteiger partial charge in [-0.2, -0.15) is 0 Å². The summed E-state index contributed by atoms with van der Waals surface area (Å²) in [6.45, 7) is 6.22. The monoisotopic (exact) mass is 184 g/mol. The molecule has 2 rings (SSSR count). The molecule has 0 fully saturated rings. The lowest BCUT2D eigenvalue weighted by molar-refractivity contribution is 0.763. The molecule has 0 saturated heterocycles. The number of pyridine rings is 1. The first-order valence-electron chi connectivity index (χ1n) is 3.93. The second-order valence-electron chi connectivity index (χ2n) is 3.08. The van der Waals surface area contributed by atoms with Crippen LogP contribution in [0.15, 0.2) is 6.20 Å². The van der Waals surface area contributed by atoms with Crippen LogP contribution in [0.1, 0.15) is 22.4 Å². The van der Waals surface area contributed by atoms with Crippen LogP contribution in [0.4, 0.5) is 0 Å². The van der Waals surface area contributed by atoms with Gasteiger partial charge in [-0.1, -0.05) is 0 Å². The summed E-state index contributed by atoms with van der Waals surface area (Å²) in [7, 11) is 0. The Hall–Kier alpha value is -0.600. The van der Waals surface area contributed by atoms with Crippen LogP contribution >= 0.6 is 12.4 Å². The van der Waals surface area contributed by atoms with E-state index < -0.39 is 0 Å². The van der Waals surface area contributed by atoms with Crippen LogP contribution in [0.3, 0.4) is 0 Å². The highest BCUT2D eigenvalue weighted by Crippen LogP contribution is 2.19. The third-order valence-electron chi connectivity index (χ3n) is 2.41. The van der Waals surface area contributed by atoms with E-state index in [1.165, 1.54) is 16.7 Å². The van der Waals surface area contributed by atoms with Gasteiger partial charge in [0.1, 0.15) is 0 Å². The summed E-state index contributed by atoms with van der Waals surface area (Å²) in [4.78, 5) is 4.31. The van der Waals surface area contributed by atoms with Gasteiger partial charge < -0.3 is 5.32 Å². The molecular formula is C9H13ClN2. The van der Waals surface area contributed by atoms with Crippen molar-refractivity contribution in [2.75, 3.05) is 0 Å². The van der Waals surface area contributed by atoms with Gasteiger partial charge in [0.15, 0.2) is 0 Å². The van der Waals surface area contributed by atoms with E-state index in [4.69, 9.17) is 0 Å². The number of fused-ring (bicyclic) bond motifs is 1. The maximum atomic E-state index is 4.31. The van der Waals surface area contributed by atoms with Gasteiger partial charge in [-0.15, -0.1) is 12.4 Å². The van der Waals surface area contributed by atoms with Gasteiger partial charge in [-0.25, -0.2) is 0 Å². The van der Waals surface area contributed by atoms with Crippen LogP contribution in [-0.2, 0) is 13.1 Å². The summed E-state index contributed by atoms with van der Waals surface area (Å²) >= 11 is 0. The molecule has 1 aliphatic heterocycles. The summed E-state index contributed by atoms with van der Waals surface area (Å²) in [6.07, 6.45) is 1.98. The highest BCUT2D eigenvalue weighted by Gasteiger charge is 2.13. The van der Waals surface area contributed by atoms with Crippen LogP contribution in [0.2, 0.25) is 0 Å². The van der Waals surface area contributed by atoms with Crippen molar-refractivity contribution in [3.8, 4) is 0 Å². The largest absolute Gasteiger partial charge is 0.309 e. The van der Waals surface area contributed by atoms with Gasteiger partial charge in [0.2, 0.25) is 0 Å². The average molecular weight is 185 g/mol. The summed E-state index contributed by atoms with van der Waals surface area (Å²) in [5.41, 5.74) is 5.34. The standard InChI is InChI=1S/C9H12N2.ClH/c1-6-7(2)11-4-8-3-10-5-9(6)8;/h4,10H,3,5H2,1-2H3;1H. The summed E-state index contributed by atoms with van der Waals surface area (Å²) in [5.74, 6) is 0. The SMILES string of the molecule is Cc1ncc2c(c1C)CNC2.Cl.